The van der Waals surface area contributed by atoms with Crippen molar-refractivity contribution >= 4 is 5.88 Å². The van der Waals surface area contributed by atoms with Gasteiger partial charge in [-0.15, -0.1) is 5.01 Å². The van der Waals surface area contributed by atoms with Gasteiger partial charge in [-0.25, -0.2) is 0 Å². The topological polar surface area (TPSA) is 57.0 Å². The molecule has 2 rings (SSSR count). The average molecular weight is 280 g/mol. The van der Waals surface area contributed by atoms with Gasteiger partial charge in [-0.1, -0.05) is 26.2 Å². The van der Waals surface area contributed by atoms with Crippen molar-refractivity contribution in [3.63, 3.8) is 0 Å². The Hall–Kier alpha value is -1.26. The molecule has 0 amide bonds. The van der Waals surface area contributed by atoms with E-state index in [-0.39, 0.29) is 5.88 Å². The highest BCUT2D eigenvalue weighted by atomic mass is 16.5. The van der Waals surface area contributed by atoms with E-state index in [1.807, 2.05) is 4.79 Å². The van der Waals surface area contributed by atoms with Crippen LogP contribution in [-0.2, 0) is 6.42 Å². The number of piperidine rings is 1. The molecule has 1 aliphatic heterocycles. The zero-order chi connectivity index (χ0) is 14.5. The van der Waals surface area contributed by atoms with Crippen LogP contribution in [0, 0.1) is 0 Å². The van der Waals surface area contributed by atoms with Crippen molar-refractivity contribution in [1.82, 2.24) is 5.27 Å². The molecular formula is C15H28N4O. The molecule has 1 aromatic rings. The van der Waals surface area contributed by atoms with E-state index < -0.39 is 0 Å². The Morgan fingerprint density at radius 2 is 1.95 bits per heavy atom. The summed E-state index contributed by atoms with van der Waals surface area (Å²) in [4.78, 5) is 1.88. The van der Waals surface area contributed by atoms with Crippen LogP contribution in [0.5, 0.6) is 0 Å². The largest absolute Gasteiger partial charge is 0.660 e. The van der Waals surface area contributed by atoms with Crippen molar-refractivity contribution in [3.05, 3.63) is 11.4 Å². The smallest absolute Gasteiger partial charge is 0.268 e. The predicted molar refractivity (Wildman–Crippen MR) is 79.5 cm³/mol. The molecule has 0 saturated carbocycles. The van der Waals surface area contributed by atoms with Crippen LogP contribution >= 0.6 is 0 Å². The van der Waals surface area contributed by atoms with Gasteiger partial charge in [0.15, 0.2) is 0 Å². The highest BCUT2D eigenvalue weighted by Crippen LogP contribution is 2.21. The monoisotopic (exact) mass is 280 g/mol. The van der Waals surface area contributed by atoms with E-state index in [0.29, 0.717) is 12.1 Å². The molecule has 1 N–H and O–H groups in total. The van der Waals surface area contributed by atoms with Crippen molar-refractivity contribution in [1.29, 1.82) is 0 Å². The van der Waals surface area contributed by atoms with E-state index in [9.17, 15) is 0 Å². The van der Waals surface area contributed by atoms with E-state index >= 15 is 0 Å². The molecule has 5 nitrogen and oxygen atoms in total. The third kappa shape index (κ3) is 3.25. The van der Waals surface area contributed by atoms with Crippen molar-refractivity contribution in [2.75, 3.05) is 5.01 Å². The summed E-state index contributed by atoms with van der Waals surface area (Å²) < 4.78 is 5.14. The molecule has 0 bridgehead atoms. The maximum Gasteiger partial charge on any atom is 0.268 e. The van der Waals surface area contributed by atoms with Gasteiger partial charge in [0.2, 0.25) is 5.27 Å². The van der Waals surface area contributed by atoms with Crippen molar-refractivity contribution in [2.24, 2.45) is 0 Å². The molecule has 20 heavy (non-hydrogen) atoms. The lowest BCUT2D eigenvalue weighted by molar-refractivity contribution is -0.771. The third-order valence-electron chi connectivity index (χ3n) is 4.35. The number of unbranched alkanes of at least 4 members (excludes halogenated alkanes) is 3. The molecule has 5 heteroatoms. The van der Waals surface area contributed by atoms with E-state index in [4.69, 9.17) is 10.3 Å². The first kappa shape index (κ1) is 15.1. The first-order valence-corrected chi connectivity index (χ1v) is 8.06. The lowest BCUT2D eigenvalue weighted by atomic mass is 10.00. The summed E-state index contributed by atoms with van der Waals surface area (Å²) in [7, 11) is 0. The van der Waals surface area contributed by atoms with Gasteiger partial charge in [0.05, 0.1) is 16.9 Å². The minimum Gasteiger partial charge on any atom is -0.660 e. The van der Waals surface area contributed by atoms with E-state index in [0.717, 1.165) is 18.5 Å². The standard InChI is InChI=1S/C15H28N4O/c1-4-5-6-7-11-14-15(16)20-17-19(14)18-12(2)9-8-10-13(18)3/h12-13,16H,4-11H2,1-3H3. The second-order valence-corrected chi connectivity index (χ2v) is 6.06. The number of hydrogen-bond donors (Lipinski definition) is 0. The summed E-state index contributed by atoms with van der Waals surface area (Å²) in [6.07, 6.45) is 9.35. The van der Waals surface area contributed by atoms with Crippen LogP contribution in [0.2, 0.25) is 0 Å². The van der Waals surface area contributed by atoms with Crippen LogP contribution in [0.3, 0.4) is 0 Å². The predicted octanol–water partition coefficient (Wildman–Crippen LogP) is 3.67. The van der Waals surface area contributed by atoms with Gasteiger partial charge in [-0.05, 0) is 39.5 Å². The van der Waals surface area contributed by atoms with Crippen LogP contribution in [0.1, 0.15) is 71.4 Å². The van der Waals surface area contributed by atoms with E-state index in [1.54, 1.807) is 0 Å². The number of nitrogens with zero attached hydrogens (tertiary/aromatic N) is 3. The normalized spacial score (nSPS) is 23.2. The van der Waals surface area contributed by atoms with Crippen molar-refractivity contribution in [2.45, 2.75) is 84.2 Å². The zero-order valence-electron chi connectivity index (χ0n) is 13.1. The Kier molecular flexibility index (Phi) is 5.26. The van der Waals surface area contributed by atoms with Crippen LogP contribution in [-0.4, -0.2) is 17.4 Å². The summed E-state index contributed by atoms with van der Waals surface area (Å²) >= 11 is 0. The molecule has 2 unspecified atom stereocenters. The van der Waals surface area contributed by atoms with Gasteiger partial charge < -0.3 is 10.3 Å². The molecule has 0 aliphatic carbocycles. The number of rotatable bonds is 6. The zero-order valence-corrected chi connectivity index (χ0v) is 13.1. The summed E-state index contributed by atoms with van der Waals surface area (Å²) in [5, 5.41) is 6.41. The van der Waals surface area contributed by atoms with E-state index in [1.165, 1.54) is 38.5 Å². The summed E-state index contributed by atoms with van der Waals surface area (Å²) in [6.45, 7) is 6.69. The van der Waals surface area contributed by atoms with Crippen LogP contribution in [0.4, 0.5) is 5.88 Å². The molecular weight excluding hydrogens is 252 g/mol. The highest BCUT2D eigenvalue weighted by Gasteiger charge is 2.36. The molecule has 1 aromatic heterocycles. The van der Waals surface area contributed by atoms with Crippen LogP contribution in [0.25, 0.3) is 5.73 Å². The number of hydrogen-bond acceptors (Lipinski definition) is 3. The van der Waals surface area contributed by atoms with Crippen molar-refractivity contribution in [3.8, 4) is 0 Å². The molecule has 1 saturated heterocycles. The van der Waals surface area contributed by atoms with Crippen LogP contribution in [0.15, 0.2) is 4.52 Å². The number of nitrogens with one attached hydrogen (secondary N) is 1. The fourth-order valence-corrected chi connectivity index (χ4v) is 3.17. The van der Waals surface area contributed by atoms with Gasteiger partial charge in [0.25, 0.3) is 5.69 Å². The lowest BCUT2D eigenvalue weighted by Gasteiger charge is -2.32. The molecule has 0 radical (unpaired) electrons. The second kappa shape index (κ2) is 6.95. The SMILES string of the molecule is CCCCCCc1c([NH-])on[n+]1N1C(C)CCCC1C. The third-order valence-corrected chi connectivity index (χ3v) is 4.35. The molecule has 0 aromatic carbocycles. The Morgan fingerprint density at radius 1 is 1.25 bits per heavy atom. The summed E-state index contributed by atoms with van der Waals surface area (Å²) in [5.41, 5.74) is 8.88. The summed E-state index contributed by atoms with van der Waals surface area (Å²) in [6, 6.07) is 0.922. The summed E-state index contributed by atoms with van der Waals surface area (Å²) in [5.74, 6) is 0.228. The van der Waals surface area contributed by atoms with Crippen molar-refractivity contribution < 1.29 is 9.31 Å². The first-order chi connectivity index (χ1) is 9.65. The van der Waals surface area contributed by atoms with E-state index in [2.05, 4.69) is 31.1 Å². The highest BCUT2D eigenvalue weighted by molar-refractivity contribution is 5.31. The molecule has 1 aliphatic rings. The molecule has 114 valence electrons. The molecule has 2 heterocycles. The molecule has 1 fully saturated rings. The first-order valence-electron chi connectivity index (χ1n) is 8.06. The Morgan fingerprint density at radius 3 is 2.60 bits per heavy atom. The van der Waals surface area contributed by atoms with Gasteiger partial charge in [-0.3, -0.25) is 0 Å². The molecule has 2 atom stereocenters. The quantitative estimate of drug-likeness (QED) is 0.590. The Balaban J connectivity index is 2.10. The maximum atomic E-state index is 7.95. The minimum absolute atomic E-state index is 0.228. The Bertz CT molecular complexity index is 408. The lowest BCUT2D eigenvalue weighted by Crippen LogP contribution is -2.69. The van der Waals surface area contributed by atoms with Gasteiger partial charge in [0, 0.05) is 6.42 Å². The molecule has 0 spiro atoms. The maximum absolute atomic E-state index is 7.95. The fraction of sp³-hybridized carbons (Fsp3) is 0.867. The van der Waals surface area contributed by atoms with Gasteiger partial charge >= 0.3 is 0 Å². The van der Waals surface area contributed by atoms with Gasteiger partial charge in [-0.2, -0.15) is 0 Å². The van der Waals surface area contributed by atoms with Gasteiger partial charge in [0.1, 0.15) is 5.88 Å². The minimum atomic E-state index is 0.228. The fourth-order valence-electron chi connectivity index (χ4n) is 3.17. The second-order valence-electron chi connectivity index (χ2n) is 6.06. The van der Waals surface area contributed by atoms with Crippen LogP contribution < -0.4 is 9.80 Å². The Labute approximate surface area is 122 Å². The average Bonchev–Trinajstić information content (AvgIpc) is 2.76. The number of aromatic nitrogens is 2.